The lowest BCUT2D eigenvalue weighted by Gasteiger charge is -2.44. The number of Topliss-reactive ketones (excluding diaryl/α,β-unsaturated/α-hetero) is 2. The summed E-state index contributed by atoms with van der Waals surface area (Å²) in [4.78, 5) is 75.5. The molecule has 50 heavy (non-hydrogen) atoms. The van der Waals surface area contributed by atoms with E-state index in [4.69, 9.17) is 33.2 Å². The van der Waals surface area contributed by atoms with E-state index >= 15 is 0 Å². The number of allylic oxidation sites excluding steroid dienone is 4. The summed E-state index contributed by atoms with van der Waals surface area (Å²) in [6.45, 7) is 12.3. The van der Waals surface area contributed by atoms with Crippen molar-refractivity contribution in [3.63, 3.8) is 0 Å². The lowest BCUT2D eigenvalue weighted by atomic mass is 9.65. The molecule has 0 saturated carbocycles. The Balaban J connectivity index is 1.50. The number of hydrogen-bond acceptors (Lipinski definition) is 13. The van der Waals surface area contributed by atoms with Crippen LogP contribution in [0.25, 0.3) is 0 Å². The molecule has 1 unspecified atom stereocenters. The zero-order chi connectivity index (χ0) is 36.7. The average Bonchev–Trinajstić information content (AvgIpc) is 2.96. The first-order chi connectivity index (χ1) is 23.3. The first-order valence-corrected chi connectivity index (χ1v) is 16.6. The van der Waals surface area contributed by atoms with Gasteiger partial charge in [0.2, 0.25) is 12.4 Å². The van der Waals surface area contributed by atoms with Gasteiger partial charge in [-0.15, -0.1) is 0 Å². The van der Waals surface area contributed by atoms with E-state index in [-0.39, 0.29) is 28.1 Å². The van der Waals surface area contributed by atoms with Gasteiger partial charge in [0.05, 0.1) is 0 Å². The Kier molecular flexibility index (Phi) is 10.3. The fourth-order valence-corrected chi connectivity index (χ4v) is 7.16. The molecule has 5 rings (SSSR count). The van der Waals surface area contributed by atoms with E-state index < -0.39 is 67.1 Å². The third-order valence-corrected chi connectivity index (χ3v) is 9.00. The lowest BCUT2D eigenvalue weighted by molar-refractivity contribution is -0.288. The van der Waals surface area contributed by atoms with Gasteiger partial charge in [0.15, 0.2) is 23.8 Å². The number of carbonyl (C=O) groups excluding carboxylic acids is 6. The van der Waals surface area contributed by atoms with Gasteiger partial charge in [-0.05, 0) is 28.5 Å². The molecule has 1 aromatic carbocycles. The highest BCUT2D eigenvalue weighted by Gasteiger charge is 2.54. The van der Waals surface area contributed by atoms with E-state index in [0.29, 0.717) is 53.9 Å². The van der Waals surface area contributed by atoms with Gasteiger partial charge in [-0.3, -0.25) is 28.8 Å². The molecule has 0 aromatic heterocycles. The minimum Gasteiger partial charge on any atom is -0.465 e. The molecule has 0 bridgehead atoms. The van der Waals surface area contributed by atoms with Gasteiger partial charge in [-0.2, -0.15) is 0 Å². The largest absolute Gasteiger partial charge is 0.465 e. The summed E-state index contributed by atoms with van der Waals surface area (Å²) >= 11 is 0. The normalized spacial score (nSPS) is 27.3. The average molecular weight is 697 g/mol. The Bertz CT molecular complexity index is 1590. The van der Waals surface area contributed by atoms with Crippen LogP contribution in [-0.4, -0.2) is 72.8 Å². The second-order valence-electron chi connectivity index (χ2n) is 14.8. The summed E-state index contributed by atoms with van der Waals surface area (Å²) in [6.07, 6.45) is -4.97. The Hall–Kier alpha value is -4.52. The molecule has 13 nitrogen and oxygen atoms in total. The predicted octanol–water partition coefficient (Wildman–Crippen LogP) is 4.55. The van der Waals surface area contributed by atoms with Crippen molar-refractivity contribution < 1.29 is 61.9 Å². The van der Waals surface area contributed by atoms with Crippen LogP contribution >= 0.6 is 0 Å². The van der Waals surface area contributed by atoms with Crippen molar-refractivity contribution in [1.82, 2.24) is 0 Å². The number of carbonyl (C=O) groups is 6. The number of benzene rings is 1. The van der Waals surface area contributed by atoms with E-state index in [1.165, 1.54) is 6.92 Å². The third kappa shape index (κ3) is 8.09. The molecule has 1 aromatic rings. The summed E-state index contributed by atoms with van der Waals surface area (Å²) in [5.74, 6) is -2.24. The smallest absolute Gasteiger partial charge is 0.303 e. The number of ketones is 2. The second kappa shape index (κ2) is 14.0. The van der Waals surface area contributed by atoms with Crippen molar-refractivity contribution in [3.05, 3.63) is 52.5 Å². The van der Waals surface area contributed by atoms with Gasteiger partial charge in [0.25, 0.3) is 0 Å². The molecule has 0 radical (unpaired) electrons. The molecule has 0 N–H and O–H groups in total. The van der Waals surface area contributed by atoms with Crippen LogP contribution in [-0.2, 0) is 57.2 Å². The molecule has 1 saturated heterocycles. The van der Waals surface area contributed by atoms with Crippen molar-refractivity contribution >= 4 is 35.4 Å². The van der Waals surface area contributed by atoms with E-state index in [1.54, 1.807) is 24.3 Å². The topological polar surface area (TPSA) is 167 Å². The SMILES string of the molecule is CC(=O)OCC1O[C@@H](Oc2ccc(C3C4=C(CC(C)(C)CC4=O)OC4=C3C(=O)CC(C)(C)C4)cc2)[C@@H](OC(C)=O)[C@@H](OC(C)=O)[C@@H]1OC(C)=O. The molecule has 13 heteroatoms. The number of hydrogen-bond donors (Lipinski definition) is 0. The molecule has 0 amide bonds. The molecule has 2 aliphatic heterocycles. The van der Waals surface area contributed by atoms with E-state index in [2.05, 4.69) is 0 Å². The standard InChI is InChI=1S/C37H44O13/c1-18(38)44-17-28-32(45-19(2)39)33(46-20(3)40)34(47-21(4)41)35(50-28)48-23-11-9-22(10-12-23)29-30-24(42)13-36(5,6)15-26(30)49-27-16-37(7,8)14-25(43)31(27)29/h9-12,28-29,32-35H,13-17H2,1-8H3/t28?,32-,33+,34+,35-/m1/s1. The van der Waals surface area contributed by atoms with Crippen LogP contribution in [0.4, 0.5) is 0 Å². The Morgan fingerprint density at radius 3 is 1.64 bits per heavy atom. The molecular weight excluding hydrogens is 652 g/mol. The highest BCUT2D eigenvalue weighted by atomic mass is 16.7. The zero-order valence-electron chi connectivity index (χ0n) is 29.6. The molecule has 0 spiro atoms. The van der Waals surface area contributed by atoms with Gasteiger partial charge in [0.1, 0.15) is 30.0 Å². The minimum absolute atomic E-state index is 0.0664. The first-order valence-electron chi connectivity index (χ1n) is 16.6. The molecule has 5 atom stereocenters. The number of rotatable bonds is 8. The van der Waals surface area contributed by atoms with Crippen LogP contribution < -0.4 is 4.74 Å². The van der Waals surface area contributed by atoms with Gasteiger partial charge in [-0.1, -0.05) is 39.8 Å². The molecule has 4 aliphatic rings. The van der Waals surface area contributed by atoms with Crippen LogP contribution in [0, 0.1) is 10.8 Å². The number of esters is 4. The molecule has 270 valence electrons. The summed E-state index contributed by atoms with van der Waals surface area (Å²) < 4.78 is 40.2. The number of ether oxygens (including phenoxy) is 7. The summed E-state index contributed by atoms with van der Waals surface area (Å²) in [6, 6.07) is 6.72. The van der Waals surface area contributed by atoms with Crippen LogP contribution in [0.5, 0.6) is 5.75 Å². The monoisotopic (exact) mass is 696 g/mol. The van der Waals surface area contributed by atoms with E-state index in [1.807, 2.05) is 27.7 Å². The highest BCUT2D eigenvalue weighted by molar-refractivity contribution is 6.06. The van der Waals surface area contributed by atoms with Crippen molar-refractivity contribution in [2.45, 2.75) is 118 Å². The fraction of sp³-hybridized carbons (Fsp3) is 0.568. The van der Waals surface area contributed by atoms with E-state index in [9.17, 15) is 28.8 Å². The highest BCUT2D eigenvalue weighted by Crippen LogP contribution is 2.53. The van der Waals surface area contributed by atoms with Crippen molar-refractivity contribution in [2.75, 3.05) is 6.61 Å². The molecule has 1 fully saturated rings. The maximum absolute atomic E-state index is 13.7. The van der Waals surface area contributed by atoms with Crippen molar-refractivity contribution in [2.24, 2.45) is 10.8 Å². The zero-order valence-corrected chi connectivity index (χ0v) is 29.6. The van der Waals surface area contributed by atoms with Crippen LogP contribution in [0.15, 0.2) is 46.9 Å². The van der Waals surface area contributed by atoms with Gasteiger partial charge < -0.3 is 33.2 Å². The summed E-state index contributed by atoms with van der Waals surface area (Å²) in [5, 5.41) is 0. The van der Waals surface area contributed by atoms with Crippen LogP contribution in [0.1, 0.15) is 92.6 Å². The Morgan fingerprint density at radius 1 is 0.680 bits per heavy atom. The van der Waals surface area contributed by atoms with Gasteiger partial charge >= 0.3 is 23.9 Å². The predicted molar refractivity (Wildman–Crippen MR) is 173 cm³/mol. The maximum Gasteiger partial charge on any atom is 0.303 e. The quantitative estimate of drug-likeness (QED) is 0.275. The van der Waals surface area contributed by atoms with Crippen molar-refractivity contribution in [1.29, 1.82) is 0 Å². The van der Waals surface area contributed by atoms with Gasteiger partial charge in [0, 0.05) is 70.4 Å². The summed E-state index contributed by atoms with van der Waals surface area (Å²) in [7, 11) is 0. The van der Waals surface area contributed by atoms with Crippen LogP contribution in [0.2, 0.25) is 0 Å². The first kappa shape index (κ1) is 36.8. The van der Waals surface area contributed by atoms with Gasteiger partial charge in [-0.25, -0.2) is 0 Å². The van der Waals surface area contributed by atoms with Crippen molar-refractivity contribution in [3.8, 4) is 5.75 Å². The molecule has 2 aliphatic carbocycles. The van der Waals surface area contributed by atoms with E-state index in [0.717, 1.165) is 20.8 Å². The fourth-order valence-electron chi connectivity index (χ4n) is 7.16. The molecular formula is C37H44O13. The summed E-state index contributed by atoms with van der Waals surface area (Å²) in [5.41, 5.74) is 1.07. The molecule has 2 heterocycles. The second-order valence-corrected chi connectivity index (χ2v) is 14.8. The van der Waals surface area contributed by atoms with Crippen LogP contribution in [0.3, 0.4) is 0 Å². The lowest BCUT2D eigenvalue weighted by Crippen LogP contribution is -2.63. The maximum atomic E-state index is 13.7. The Labute approximate surface area is 290 Å². The minimum atomic E-state index is -1.42. The Morgan fingerprint density at radius 2 is 1.16 bits per heavy atom. The third-order valence-electron chi connectivity index (χ3n) is 9.00.